The van der Waals surface area contributed by atoms with E-state index in [-0.39, 0.29) is 18.1 Å². The molecular formula is C27H28N4O4. The van der Waals surface area contributed by atoms with E-state index in [1.807, 2.05) is 55.1 Å². The number of aromatic nitrogens is 3. The lowest BCUT2D eigenvalue weighted by molar-refractivity contribution is -0.0586. The minimum atomic E-state index is -1.08. The molecule has 8 nitrogen and oxygen atoms in total. The molecule has 1 aromatic carbocycles. The second-order valence-electron chi connectivity index (χ2n) is 9.58. The van der Waals surface area contributed by atoms with E-state index in [0.29, 0.717) is 46.9 Å². The molecule has 8 heteroatoms. The number of carbonyl (C=O) groups is 1. The van der Waals surface area contributed by atoms with Crippen molar-refractivity contribution in [3.63, 3.8) is 0 Å². The van der Waals surface area contributed by atoms with Gasteiger partial charge < -0.3 is 19.2 Å². The summed E-state index contributed by atoms with van der Waals surface area (Å²) in [5.41, 5.74) is 3.54. The zero-order valence-corrected chi connectivity index (χ0v) is 20.2. The molecule has 0 saturated carbocycles. The number of pyridine rings is 1. The van der Waals surface area contributed by atoms with Crippen molar-refractivity contribution in [3.8, 4) is 22.6 Å². The number of hydrogen-bond donors (Lipinski definition) is 1. The molecule has 3 aromatic heterocycles. The van der Waals surface area contributed by atoms with Crippen LogP contribution in [-0.4, -0.2) is 56.2 Å². The number of furan rings is 1. The van der Waals surface area contributed by atoms with Crippen molar-refractivity contribution in [2.24, 2.45) is 0 Å². The second-order valence-corrected chi connectivity index (χ2v) is 9.58. The van der Waals surface area contributed by atoms with Gasteiger partial charge in [-0.3, -0.25) is 9.78 Å². The molecule has 1 N–H and O–H groups in total. The molecule has 0 radical (unpaired) electrons. The van der Waals surface area contributed by atoms with Crippen LogP contribution >= 0.6 is 0 Å². The van der Waals surface area contributed by atoms with Crippen molar-refractivity contribution in [3.05, 3.63) is 66.2 Å². The van der Waals surface area contributed by atoms with E-state index in [9.17, 15) is 9.90 Å². The Balaban J connectivity index is 1.44. The molecule has 1 aliphatic heterocycles. The fraction of sp³-hybridized carbons (Fsp3) is 0.333. The molecule has 4 heterocycles. The monoisotopic (exact) mass is 472 g/mol. The predicted molar refractivity (Wildman–Crippen MR) is 132 cm³/mol. The van der Waals surface area contributed by atoms with Crippen LogP contribution in [0.1, 0.15) is 43.7 Å². The van der Waals surface area contributed by atoms with E-state index in [1.54, 1.807) is 26.1 Å². The zero-order valence-electron chi connectivity index (χ0n) is 20.2. The number of morpholine rings is 1. The standard InChI is InChI=1S/C27H28N4O4/c1-16-13-31(14-17(2)34-16)26(32)19-7-5-18(6-8-19)22-12-21-25(35-22)24(30-15-29-21)20-9-10-28-23(11-20)27(3,4)33/h5-12,15-17,33H,13-14H2,1-4H3/t16-,17-/m0/s1. The summed E-state index contributed by atoms with van der Waals surface area (Å²) >= 11 is 0. The van der Waals surface area contributed by atoms with Crippen LogP contribution < -0.4 is 0 Å². The van der Waals surface area contributed by atoms with Gasteiger partial charge in [-0.25, -0.2) is 9.97 Å². The summed E-state index contributed by atoms with van der Waals surface area (Å²) < 4.78 is 11.9. The normalized spacial score (nSPS) is 18.7. The second kappa shape index (κ2) is 8.87. The van der Waals surface area contributed by atoms with E-state index in [1.165, 1.54) is 6.33 Å². The number of fused-ring (bicyclic) bond motifs is 1. The highest BCUT2D eigenvalue weighted by Crippen LogP contribution is 2.33. The maximum absolute atomic E-state index is 13.0. The Morgan fingerprint density at radius 3 is 2.40 bits per heavy atom. The van der Waals surface area contributed by atoms with Gasteiger partial charge in [0.05, 0.1) is 17.9 Å². The van der Waals surface area contributed by atoms with Gasteiger partial charge in [-0.15, -0.1) is 0 Å². The largest absolute Gasteiger partial charge is 0.452 e. The summed E-state index contributed by atoms with van der Waals surface area (Å²) in [6.07, 6.45) is 3.18. The molecule has 1 aliphatic rings. The van der Waals surface area contributed by atoms with Crippen LogP contribution in [0.5, 0.6) is 0 Å². The maximum Gasteiger partial charge on any atom is 0.254 e. The highest BCUT2D eigenvalue weighted by Gasteiger charge is 2.26. The third-order valence-electron chi connectivity index (χ3n) is 6.09. The summed E-state index contributed by atoms with van der Waals surface area (Å²) in [4.78, 5) is 27.9. The summed E-state index contributed by atoms with van der Waals surface area (Å²) in [7, 11) is 0. The smallest absolute Gasteiger partial charge is 0.254 e. The molecule has 0 aliphatic carbocycles. The Bertz CT molecular complexity index is 1360. The minimum Gasteiger partial charge on any atom is -0.452 e. The van der Waals surface area contributed by atoms with E-state index in [2.05, 4.69) is 15.0 Å². The van der Waals surface area contributed by atoms with Crippen molar-refractivity contribution >= 4 is 17.0 Å². The number of rotatable bonds is 4. The average molecular weight is 473 g/mol. The first-order chi connectivity index (χ1) is 16.7. The number of benzene rings is 1. The molecule has 1 saturated heterocycles. The molecule has 0 spiro atoms. The number of carbonyl (C=O) groups excluding carboxylic acids is 1. The topological polar surface area (TPSA) is 102 Å². The molecule has 1 amide bonds. The lowest BCUT2D eigenvalue weighted by Crippen LogP contribution is -2.48. The van der Waals surface area contributed by atoms with Gasteiger partial charge in [-0.2, -0.15) is 0 Å². The highest BCUT2D eigenvalue weighted by molar-refractivity contribution is 5.95. The fourth-order valence-corrected chi connectivity index (χ4v) is 4.42. The van der Waals surface area contributed by atoms with Gasteiger partial charge in [0.2, 0.25) is 0 Å². The molecular weight excluding hydrogens is 444 g/mol. The van der Waals surface area contributed by atoms with Gasteiger partial charge in [-0.05, 0) is 52.0 Å². The number of hydrogen-bond acceptors (Lipinski definition) is 7. The van der Waals surface area contributed by atoms with Crippen LogP contribution in [0.25, 0.3) is 33.7 Å². The molecule has 0 unspecified atom stereocenters. The van der Waals surface area contributed by atoms with Crippen LogP contribution in [0, 0.1) is 0 Å². The summed E-state index contributed by atoms with van der Waals surface area (Å²) in [6, 6.07) is 12.9. The molecule has 180 valence electrons. The molecule has 35 heavy (non-hydrogen) atoms. The molecule has 1 fully saturated rings. The van der Waals surface area contributed by atoms with Crippen LogP contribution in [0.2, 0.25) is 0 Å². The fourth-order valence-electron chi connectivity index (χ4n) is 4.42. The van der Waals surface area contributed by atoms with Gasteiger partial charge in [0.15, 0.2) is 5.58 Å². The van der Waals surface area contributed by atoms with Gasteiger partial charge in [0.1, 0.15) is 28.9 Å². The van der Waals surface area contributed by atoms with Crippen molar-refractivity contribution < 1.29 is 19.1 Å². The van der Waals surface area contributed by atoms with Crippen molar-refractivity contribution in [1.82, 2.24) is 19.9 Å². The maximum atomic E-state index is 13.0. The Labute approximate surface area is 203 Å². The van der Waals surface area contributed by atoms with E-state index in [0.717, 1.165) is 11.1 Å². The van der Waals surface area contributed by atoms with Gasteiger partial charge in [-0.1, -0.05) is 12.1 Å². The molecule has 2 atom stereocenters. The first-order valence-corrected chi connectivity index (χ1v) is 11.7. The zero-order chi connectivity index (χ0) is 24.7. The molecule has 4 aromatic rings. The van der Waals surface area contributed by atoms with Crippen LogP contribution in [0.15, 0.2) is 59.4 Å². The van der Waals surface area contributed by atoms with E-state index in [4.69, 9.17) is 9.15 Å². The minimum absolute atomic E-state index is 0.00314. The van der Waals surface area contributed by atoms with Crippen LogP contribution in [0.3, 0.4) is 0 Å². The van der Waals surface area contributed by atoms with Crippen LogP contribution in [0.4, 0.5) is 0 Å². The molecule has 5 rings (SSSR count). The summed E-state index contributed by atoms with van der Waals surface area (Å²) in [5.74, 6) is 0.628. The Hall–Kier alpha value is -3.62. The Kier molecular flexibility index (Phi) is 5.86. The summed E-state index contributed by atoms with van der Waals surface area (Å²) in [6.45, 7) is 8.51. The SMILES string of the molecule is C[C@H]1CN(C(=O)c2ccc(-c3cc4ncnc(-c5ccnc(C(C)(C)O)c5)c4o3)cc2)C[C@H](C)O1. The number of ether oxygens (including phenoxy) is 1. The van der Waals surface area contributed by atoms with Crippen molar-refractivity contribution in [2.45, 2.75) is 45.5 Å². The van der Waals surface area contributed by atoms with Crippen molar-refractivity contribution in [2.75, 3.05) is 13.1 Å². The summed E-state index contributed by atoms with van der Waals surface area (Å²) in [5, 5.41) is 10.3. The predicted octanol–water partition coefficient (Wildman–Crippen LogP) is 4.43. The molecule has 0 bridgehead atoms. The Morgan fingerprint density at radius 1 is 1.00 bits per heavy atom. The van der Waals surface area contributed by atoms with Gasteiger partial charge in [0.25, 0.3) is 5.91 Å². The lowest BCUT2D eigenvalue weighted by Gasteiger charge is -2.35. The quantitative estimate of drug-likeness (QED) is 0.469. The number of nitrogens with zero attached hydrogens (tertiary/aromatic N) is 4. The average Bonchev–Trinajstić information content (AvgIpc) is 3.27. The first kappa shape index (κ1) is 23.1. The third kappa shape index (κ3) is 4.67. The third-order valence-corrected chi connectivity index (χ3v) is 6.09. The van der Waals surface area contributed by atoms with E-state index >= 15 is 0 Å². The van der Waals surface area contributed by atoms with Gasteiger partial charge >= 0.3 is 0 Å². The van der Waals surface area contributed by atoms with Crippen LogP contribution in [-0.2, 0) is 10.3 Å². The lowest BCUT2D eigenvalue weighted by atomic mass is 10.0. The van der Waals surface area contributed by atoms with Crippen molar-refractivity contribution in [1.29, 1.82) is 0 Å². The first-order valence-electron chi connectivity index (χ1n) is 11.7. The Morgan fingerprint density at radius 2 is 1.71 bits per heavy atom. The van der Waals surface area contributed by atoms with Gasteiger partial charge in [0, 0.05) is 42.0 Å². The number of aliphatic hydroxyl groups is 1. The highest BCUT2D eigenvalue weighted by atomic mass is 16.5. The number of amides is 1. The van der Waals surface area contributed by atoms with E-state index < -0.39 is 5.60 Å².